The molecule has 1 amide bonds. The molecule has 2 nitrogen and oxygen atoms in total. The molecule has 82 valence electrons. The van der Waals surface area contributed by atoms with Gasteiger partial charge in [0, 0.05) is 12.6 Å². The van der Waals surface area contributed by atoms with Gasteiger partial charge in [0.05, 0.1) is 0 Å². The summed E-state index contributed by atoms with van der Waals surface area (Å²) in [4.78, 5) is 11.0. The monoisotopic (exact) mass is 213 g/mol. The summed E-state index contributed by atoms with van der Waals surface area (Å²) in [7, 11) is 0. The van der Waals surface area contributed by atoms with Gasteiger partial charge in [0.15, 0.2) is 0 Å². The van der Waals surface area contributed by atoms with Gasteiger partial charge in [-0.25, -0.2) is 0 Å². The number of hydrogen-bond donors (Lipinski definition) is 1. The first-order valence-electron chi connectivity index (χ1n) is 5.36. The highest BCUT2D eigenvalue weighted by Gasteiger charge is 2.15. The van der Waals surface area contributed by atoms with E-state index in [9.17, 15) is 4.79 Å². The van der Waals surface area contributed by atoms with Crippen molar-refractivity contribution >= 4 is 17.2 Å². The third-order valence-corrected chi connectivity index (χ3v) is 2.87. The SMILES string of the molecule is C=C1CCc2cc(NC(C)=O)ccc2C1=C. The molecule has 0 saturated carbocycles. The van der Waals surface area contributed by atoms with Crippen LogP contribution in [0.15, 0.2) is 36.9 Å². The Labute approximate surface area is 95.7 Å². The van der Waals surface area contributed by atoms with Crippen LogP contribution in [0.5, 0.6) is 0 Å². The fourth-order valence-electron chi connectivity index (χ4n) is 2.00. The van der Waals surface area contributed by atoms with Crippen molar-refractivity contribution in [2.24, 2.45) is 0 Å². The zero-order valence-corrected chi connectivity index (χ0v) is 9.47. The molecule has 1 aliphatic carbocycles. The van der Waals surface area contributed by atoms with E-state index in [-0.39, 0.29) is 5.91 Å². The number of fused-ring (bicyclic) bond motifs is 1. The maximum Gasteiger partial charge on any atom is 0.221 e. The van der Waals surface area contributed by atoms with Crippen LogP contribution in [-0.4, -0.2) is 5.91 Å². The predicted molar refractivity (Wildman–Crippen MR) is 67.2 cm³/mol. The molecule has 0 unspecified atom stereocenters. The summed E-state index contributed by atoms with van der Waals surface area (Å²) in [5.74, 6) is -0.0426. The highest BCUT2D eigenvalue weighted by molar-refractivity contribution is 5.89. The second kappa shape index (κ2) is 3.97. The molecule has 1 aromatic carbocycles. The summed E-state index contributed by atoms with van der Waals surface area (Å²) in [5, 5.41) is 2.79. The van der Waals surface area contributed by atoms with Gasteiger partial charge < -0.3 is 5.32 Å². The van der Waals surface area contributed by atoms with E-state index in [1.165, 1.54) is 12.5 Å². The first-order valence-corrected chi connectivity index (χ1v) is 5.36. The summed E-state index contributed by atoms with van der Waals surface area (Å²) in [5.41, 5.74) is 5.39. The summed E-state index contributed by atoms with van der Waals surface area (Å²) in [6.07, 6.45) is 1.93. The van der Waals surface area contributed by atoms with E-state index in [0.717, 1.165) is 35.2 Å². The van der Waals surface area contributed by atoms with Gasteiger partial charge >= 0.3 is 0 Å². The number of carbonyl (C=O) groups excluding carboxylic acids is 1. The van der Waals surface area contributed by atoms with Crippen molar-refractivity contribution < 1.29 is 4.79 Å². The highest BCUT2D eigenvalue weighted by Crippen LogP contribution is 2.33. The Morgan fingerprint density at radius 1 is 1.31 bits per heavy atom. The Hall–Kier alpha value is -1.83. The molecule has 1 aliphatic rings. The van der Waals surface area contributed by atoms with Gasteiger partial charge in [0.25, 0.3) is 0 Å². The zero-order chi connectivity index (χ0) is 11.7. The standard InChI is InChI=1S/C14H15NO/c1-9-4-5-12-8-13(15-11(3)16)6-7-14(12)10(9)2/h6-8H,1-2,4-5H2,3H3,(H,15,16). The van der Waals surface area contributed by atoms with Crippen LogP contribution in [0.2, 0.25) is 0 Å². The lowest BCUT2D eigenvalue weighted by Crippen LogP contribution is -2.08. The van der Waals surface area contributed by atoms with Crippen molar-refractivity contribution in [3.63, 3.8) is 0 Å². The van der Waals surface area contributed by atoms with E-state index in [4.69, 9.17) is 0 Å². The molecule has 0 spiro atoms. The quantitative estimate of drug-likeness (QED) is 0.762. The fourth-order valence-corrected chi connectivity index (χ4v) is 2.00. The lowest BCUT2D eigenvalue weighted by molar-refractivity contribution is -0.114. The molecule has 2 rings (SSSR count). The van der Waals surface area contributed by atoms with Crippen LogP contribution in [-0.2, 0) is 11.2 Å². The van der Waals surface area contributed by atoms with E-state index in [0.29, 0.717) is 0 Å². The Bertz CT molecular complexity index is 486. The van der Waals surface area contributed by atoms with Crippen molar-refractivity contribution in [3.8, 4) is 0 Å². The third kappa shape index (κ3) is 1.91. The molecule has 0 bridgehead atoms. The molecule has 0 heterocycles. The number of benzene rings is 1. The smallest absolute Gasteiger partial charge is 0.221 e. The van der Waals surface area contributed by atoms with Gasteiger partial charge in [-0.1, -0.05) is 19.2 Å². The fraction of sp³-hybridized carbons (Fsp3) is 0.214. The van der Waals surface area contributed by atoms with E-state index in [1.54, 1.807) is 0 Å². The topological polar surface area (TPSA) is 29.1 Å². The van der Waals surface area contributed by atoms with Gasteiger partial charge in [-0.3, -0.25) is 4.79 Å². The van der Waals surface area contributed by atoms with Crippen molar-refractivity contribution in [3.05, 3.63) is 48.1 Å². The molecule has 0 aliphatic heterocycles. The number of aryl methyl sites for hydroxylation is 1. The minimum absolute atomic E-state index is 0.0426. The normalized spacial score (nSPS) is 14.6. The summed E-state index contributed by atoms with van der Waals surface area (Å²) >= 11 is 0. The highest BCUT2D eigenvalue weighted by atomic mass is 16.1. The van der Waals surface area contributed by atoms with Crippen LogP contribution in [0.25, 0.3) is 5.57 Å². The first-order chi connectivity index (χ1) is 7.58. The molecule has 0 atom stereocenters. The Kier molecular flexibility index (Phi) is 2.65. The molecule has 1 N–H and O–H groups in total. The molecular weight excluding hydrogens is 198 g/mol. The van der Waals surface area contributed by atoms with E-state index < -0.39 is 0 Å². The minimum Gasteiger partial charge on any atom is -0.326 e. The molecule has 0 fully saturated rings. The van der Waals surface area contributed by atoms with Gasteiger partial charge in [-0.05, 0) is 47.2 Å². The number of allylic oxidation sites excluding steroid dienone is 2. The maximum absolute atomic E-state index is 11.0. The molecule has 1 aromatic rings. The van der Waals surface area contributed by atoms with E-state index in [1.807, 2.05) is 18.2 Å². The van der Waals surface area contributed by atoms with Crippen LogP contribution >= 0.6 is 0 Å². The third-order valence-electron chi connectivity index (χ3n) is 2.87. The van der Waals surface area contributed by atoms with Gasteiger partial charge in [-0.2, -0.15) is 0 Å². The number of carbonyl (C=O) groups is 1. The summed E-state index contributed by atoms with van der Waals surface area (Å²) in [6, 6.07) is 5.94. The average molecular weight is 213 g/mol. The first kappa shape index (κ1) is 10.7. The molecule has 2 heteroatoms. The summed E-state index contributed by atoms with van der Waals surface area (Å²) in [6.45, 7) is 9.55. The number of rotatable bonds is 1. The lowest BCUT2D eigenvalue weighted by atomic mass is 9.85. The lowest BCUT2D eigenvalue weighted by Gasteiger charge is -2.21. The number of nitrogens with one attached hydrogen (secondary N) is 1. The number of anilines is 1. The number of hydrogen-bond acceptors (Lipinski definition) is 1. The van der Waals surface area contributed by atoms with Crippen molar-refractivity contribution in [2.75, 3.05) is 5.32 Å². The van der Waals surface area contributed by atoms with Gasteiger partial charge in [0.1, 0.15) is 0 Å². The zero-order valence-electron chi connectivity index (χ0n) is 9.47. The molecule has 0 radical (unpaired) electrons. The van der Waals surface area contributed by atoms with E-state index in [2.05, 4.69) is 18.5 Å². The predicted octanol–water partition coefficient (Wildman–Crippen LogP) is 3.16. The molecule has 0 saturated heterocycles. The maximum atomic E-state index is 11.0. The second-order valence-electron chi connectivity index (χ2n) is 4.14. The van der Waals surface area contributed by atoms with Crippen LogP contribution in [0.4, 0.5) is 5.69 Å². The Morgan fingerprint density at radius 2 is 2.06 bits per heavy atom. The largest absolute Gasteiger partial charge is 0.326 e. The van der Waals surface area contributed by atoms with Crippen molar-refractivity contribution in [1.29, 1.82) is 0 Å². The van der Waals surface area contributed by atoms with Crippen molar-refractivity contribution in [2.45, 2.75) is 19.8 Å². The van der Waals surface area contributed by atoms with E-state index >= 15 is 0 Å². The minimum atomic E-state index is -0.0426. The van der Waals surface area contributed by atoms with Crippen LogP contribution in [0, 0.1) is 0 Å². The molecule has 16 heavy (non-hydrogen) atoms. The Balaban J connectivity index is 2.37. The van der Waals surface area contributed by atoms with Gasteiger partial charge in [0.2, 0.25) is 5.91 Å². The van der Waals surface area contributed by atoms with Crippen LogP contribution < -0.4 is 5.32 Å². The molecular formula is C14H15NO. The second-order valence-corrected chi connectivity index (χ2v) is 4.14. The van der Waals surface area contributed by atoms with Crippen molar-refractivity contribution in [1.82, 2.24) is 0 Å². The Morgan fingerprint density at radius 3 is 2.75 bits per heavy atom. The summed E-state index contributed by atoms with van der Waals surface area (Å²) < 4.78 is 0. The average Bonchev–Trinajstić information content (AvgIpc) is 2.23. The number of amides is 1. The van der Waals surface area contributed by atoms with Crippen LogP contribution in [0.3, 0.4) is 0 Å². The van der Waals surface area contributed by atoms with Crippen LogP contribution in [0.1, 0.15) is 24.5 Å². The molecule has 0 aromatic heterocycles. The van der Waals surface area contributed by atoms with Gasteiger partial charge in [-0.15, -0.1) is 0 Å².